The molecular weight excluding hydrogens is 775 g/mol. The smallest absolute Gasteiger partial charge is 0.333 e. The van der Waals surface area contributed by atoms with E-state index in [0.29, 0.717) is 0 Å². The van der Waals surface area contributed by atoms with E-state index in [9.17, 15) is 0 Å². The van der Waals surface area contributed by atoms with Crippen LogP contribution >= 0.6 is 0 Å². The summed E-state index contributed by atoms with van der Waals surface area (Å²) in [5, 5.41) is 4.71. The van der Waals surface area contributed by atoms with Crippen LogP contribution in [0.3, 0.4) is 0 Å². The van der Waals surface area contributed by atoms with Crippen molar-refractivity contribution >= 4 is 78.9 Å². The molecule has 308 valence electrons. The summed E-state index contributed by atoms with van der Waals surface area (Å²) in [5.41, 5.74) is 20.0. The third-order valence-electron chi connectivity index (χ3n) is 13.7. The molecule has 10 aromatic rings. The highest BCUT2D eigenvalue weighted by Gasteiger charge is 2.47. The van der Waals surface area contributed by atoms with Crippen molar-refractivity contribution in [3.8, 4) is 33.4 Å². The first kappa shape index (κ1) is 38.4. The van der Waals surface area contributed by atoms with E-state index in [0.717, 1.165) is 39.0 Å². The minimum Gasteiger partial charge on any atom is -0.456 e. The Morgan fingerprint density at radius 3 is 1.80 bits per heavy atom. The highest BCUT2D eigenvalue weighted by molar-refractivity contribution is 6.95. The molecule has 4 heteroatoms. The van der Waals surface area contributed by atoms with Gasteiger partial charge in [0.1, 0.15) is 11.2 Å². The Labute approximate surface area is 376 Å². The lowest BCUT2D eigenvalue weighted by atomic mass is 9.42. The molecule has 0 N–H and O–H groups in total. The molecule has 0 amide bonds. The summed E-state index contributed by atoms with van der Waals surface area (Å²) in [6.45, 7) is 13.6. The van der Waals surface area contributed by atoms with Gasteiger partial charge in [-0.15, -0.1) is 0 Å². The third-order valence-corrected chi connectivity index (χ3v) is 13.7. The van der Waals surface area contributed by atoms with Crippen LogP contribution in [-0.4, -0.2) is 6.85 Å². The van der Waals surface area contributed by atoms with E-state index < -0.39 is 0 Å². The molecule has 64 heavy (non-hydrogen) atoms. The highest BCUT2D eigenvalue weighted by atomic mass is 16.3. The fourth-order valence-electron chi connectivity index (χ4n) is 10.5. The summed E-state index contributed by atoms with van der Waals surface area (Å²) in [6, 6.07) is 70.0. The zero-order chi connectivity index (χ0) is 43.5. The number of benzene rings is 9. The second kappa shape index (κ2) is 14.1. The van der Waals surface area contributed by atoms with Gasteiger partial charge in [-0.2, -0.15) is 0 Å². The van der Waals surface area contributed by atoms with E-state index >= 15 is 0 Å². The van der Waals surface area contributed by atoms with Gasteiger partial charge < -0.3 is 14.1 Å². The average Bonchev–Trinajstić information content (AvgIpc) is 3.70. The van der Waals surface area contributed by atoms with Crippen LogP contribution in [0.15, 0.2) is 192 Å². The van der Waals surface area contributed by atoms with E-state index in [1.165, 1.54) is 77.6 Å². The summed E-state index contributed by atoms with van der Waals surface area (Å²) >= 11 is 0. The Bertz CT molecular complexity index is 3460. The molecule has 0 aliphatic carbocycles. The number of anilines is 5. The number of fused-ring (bicyclic) bond motifs is 10. The SMILES string of the molecule is CC(C)(C)c1ccc(N2B3c4c(cc5ccccc5c4N(c4ccc(C(C)(C)C)cc4-c4ccccc4)c4ccc5oc6ccccc6c5c43)-c3ccc(-c4ccccc4)cc32)cc1. The monoisotopic (exact) mass is 824 g/mol. The lowest BCUT2D eigenvalue weighted by molar-refractivity contribution is 0.590. The van der Waals surface area contributed by atoms with Crippen molar-refractivity contribution in [3.05, 3.63) is 199 Å². The summed E-state index contributed by atoms with van der Waals surface area (Å²) < 4.78 is 6.81. The lowest BCUT2D eigenvalue weighted by Gasteiger charge is -2.47. The van der Waals surface area contributed by atoms with E-state index in [-0.39, 0.29) is 17.7 Å². The molecule has 3 nitrogen and oxygen atoms in total. The van der Waals surface area contributed by atoms with Crippen molar-refractivity contribution in [2.75, 3.05) is 9.71 Å². The largest absolute Gasteiger partial charge is 0.456 e. The number of nitrogens with zero attached hydrogens (tertiary/aromatic N) is 2. The fourth-order valence-corrected chi connectivity index (χ4v) is 10.5. The molecule has 3 heterocycles. The van der Waals surface area contributed by atoms with Crippen molar-refractivity contribution in [1.29, 1.82) is 0 Å². The molecule has 2 aliphatic heterocycles. The first-order valence-electron chi connectivity index (χ1n) is 22.6. The number of rotatable bonds is 4. The molecule has 0 fully saturated rings. The highest BCUT2D eigenvalue weighted by Crippen LogP contribution is 2.52. The van der Waals surface area contributed by atoms with Crippen LogP contribution in [0.25, 0.3) is 66.1 Å². The second-order valence-corrected chi connectivity index (χ2v) is 19.7. The third kappa shape index (κ3) is 5.89. The summed E-state index contributed by atoms with van der Waals surface area (Å²) in [5.74, 6) is 0. The van der Waals surface area contributed by atoms with E-state index in [4.69, 9.17) is 4.42 Å². The molecule has 0 spiro atoms. The summed E-state index contributed by atoms with van der Waals surface area (Å²) in [7, 11) is 0. The van der Waals surface area contributed by atoms with Crippen LogP contribution in [0.5, 0.6) is 0 Å². The maximum absolute atomic E-state index is 6.81. The molecule has 1 aromatic heterocycles. The topological polar surface area (TPSA) is 19.6 Å². The molecule has 9 aromatic carbocycles. The van der Waals surface area contributed by atoms with Crippen LogP contribution in [0.2, 0.25) is 0 Å². The first-order valence-corrected chi connectivity index (χ1v) is 22.6. The van der Waals surface area contributed by atoms with Gasteiger partial charge in [-0.3, -0.25) is 0 Å². The van der Waals surface area contributed by atoms with Gasteiger partial charge in [-0.25, -0.2) is 0 Å². The predicted octanol–water partition coefficient (Wildman–Crippen LogP) is 15.4. The van der Waals surface area contributed by atoms with Gasteiger partial charge in [0, 0.05) is 44.3 Å². The van der Waals surface area contributed by atoms with Crippen molar-refractivity contribution in [3.63, 3.8) is 0 Å². The maximum Gasteiger partial charge on any atom is 0.333 e. The molecule has 12 rings (SSSR count). The maximum atomic E-state index is 6.81. The average molecular weight is 825 g/mol. The number of para-hydroxylation sites is 1. The molecular formula is C60H49BN2O. The summed E-state index contributed by atoms with van der Waals surface area (Å²) in [4.78, 5) is 5.25. The van der Waals surface area contributed by atoms with Crippen LogP contribution < -0.4 is 20.6 Å². The number of hydrogen-bond acceptors (Lipinski definition) is 3. The molecule has 0 atom stereocenters. The summed E-state index contributed by atoms with van der Waals surface area (Å²) in [6.07, 6.45) is 0. The van der Waals surface area contributed by atoms with Crippen molar-refractivity contribution < 1.29 is 4.42 Å². The Morgan fingerprint density at radius 2 is 1.06 bits per heavy atom. The number of hydrogen-bond donors (Lipinski definition) is 0. The van der Waals surface area contributed by atoms with Crippen molar-refractivity contribution in [2.24, 2.45) is 0 Å². The van der Waals surface area contributed by atoms with Crippen LogP contribution in [-0.2, 0) is 10.8 Å². The van der Waals surface area contributed by atoms with Crippen LogP contribution in [0, 0.1) is 0 Å². The Morgan fingerprint density at radius 1 is 0.422 bits per heavy atom. The van der Waals surface area contributed by atoms with Gasteiger partial charge in [0.2, 0.25) is 0 Å². The number of furan rings is 1. The molecule has 0 radical (unpaired) electrons. The molecule has 0 unspecified atom stereocenters. The van der Waals surface area contributed by atoms with Gasteiger partial charge in [-0.05, 0) is 115 Å². The van der Waals surface area contributed by atoms with Gasteiger partial charge >= 0.3 is 6.85 Å². The predicted molar refractivity (Wildman–Crippen MR) is 273 cm³/mol. The van der Waals surface area contributed by atoms with Gasteiger partial charge in [0.05, 0.1) is 11.4 Å². The lowest BCUT2D eigenvalue weighted by Crippen LogP contribution is -2.61. The Hall–Kier alpha value is -7.30. The van der Waals surface area contributed by atoms with Crippen LogP contribution in [0.4, 0.5) is 28.4 Å². The standard InChI is InChI=1S/C60H49BN2O/c1-59(2,3)42-26-29-44(30-27-42)63-52-36-40(38-17-9-7-10-18-38)25-31-46(52)49-35-41-21-13-14-22-45(41)58-56(49)61(63)57-51(33-34-54-55(57)47-23-15-16-24-53(47)64-54)62(58)50-32-28-43(60(4,5)6)37-48(50)39-19-11-8-12-20-39/h7-37H,1-6H3. The van der Waals surface area contributed by atoms with Gasteiger partial charge in [0.15, 0.2) is 0 Å². The quantitative estimate of drug-likeness (QED) is 0.165. The molecule has 0 bridgehead atoms. The van der Waals surface area contributed by atoms with Crippen LogP contribution in [0.1, 0.15) is 52.7 Å². The van der Waals surface area contributed by atoms with E-state index in [1.807, 2.05) is 0 Å². The molecule has 2 aliphatic rings. The zero-order valence-electron chi connectivity index (χ0n) is 37.3. The normalized spacial score (nSPS) is 13.4. The molecule has 0 saturated carbocycles. The van der Waals surface area contributed by atoms with Gasteiger partial charge in [0.25, 0.3) is 0 Å². The Kier molecular flexibility index (Phi) is 8.46. The fraction of sp³-hybridized carbons (Fsp3) is 0.133. The molecule has 0 saturated heterocycles. The van der Waals surface area contributed by atoms with E-state index in [1.54, 1.807) is 0 Å². The van der Waals surface area contributed by atoms with Gasteiger partial charge in [-0.1, -0.05) is 175 Å². The second-order valence-electron chi connectivity index (χ2n) is 19.7. The minimum atomic E-state index is -0.210. The first-order chi connectivity index (χ1) is 31.0. The van der Waals surface area contributed by atoms with E-state index in [2.05, 4.69) is 239 Å². The Balaban J connectivity index is 1.26. The van der Waals surface area contributed by atoms with Crippen molar-refractivity contribution in [1.82, 2.24) is 0 Å². The van der Waals surface area contributed by atoms with Crippen molar-refractivity contribution in [2.45, 2.75) is 52.4 Å². The zero-order valence-corrected chi connectivity index (χ0v) is 37.3. The minimum absolute atomic E-state index is 0.0102.